The van der Waals surface area contributed by atoms with Crippen molar-refractivity contribution in [1.29, 1.82) is 0 Å². The first-order valence-corrected chi connectivity index (χ1v) is 10.8. The molecule has 2 atom stereocenters. The number of amides is 1. The van der Waals surface area contributed by atoms with Crippen LogP contribution in [-0.4, -0.2) is 24.6 Å². The fourth-order valence-electron chi connectivity index (χ4n) is 3.10. The molecule has 0 radical (unpaired) electrons. The summed E-state index contributed by atoms with van der Waals surface area (Å²) in [6.45, 7) is 12.4. The maximum Gasteiger partial charge on any atom is 0.341 e. The lowest BCUT2D eigenvalue weighted by Crippen LogP contribution is -2.30. The number of nitrogens with one attached hydrogen (secondary N) is 1. The van der Waals surface area contributed by atoms with E-state index in [1.165, 1.54) is 11.3 Å². The Bertz CT molecular complexity index is 823. The standard InChI is InChI=1S/C23H31NO4S/c1-7-27-22(26)18-13-19(15(2)14-23(4,5)6)29-21(18)24-20(25)16(3)28-17-11-9-8-10-12-17/h8-13,15-16H,7,14H2,1-6H3,(H,24,25). The van der Waals surface area contributed by atoms with Gasteiger partial charge in [0.15, 0.2) is 6.10 Å². The molecule has 2 aromatic rings. The van der Waals surface area contributed by atoms with E-state index in [2.05, 4.69) is 33.0 Å². The van der Waals surface area contributed by atoms with E-state index < -0.39 is 12.1 Å². The lowest BCUT2D eigenvalue weighted by atomic mass is 9.85. The quantitative estimate of drug-likeness (QED) is 0.546. The molecule has 0 aliphatic carbocycles. The third-order valence-electron chi connectivity index (χ3n) is 4.31. The molecule has 0 saturated carbocycles. The van der Waals surface area contributed by atoms with Crippen molar-refractivity contribution < 1.29 is 19.1 Å². The van der Waals surface area contributed by atoms with Crippen LogP contribution in [0.3, 0.4) is 0 Å². The van der Waals surface area contributed by atoms with Crippen molar-refractivity contribution >= 4 is 28.2 Å². The second-order valence-electron chi connectivity index (χ2n) is 8.34. The number of thiophene rings is 1. The van der Waals surface area contributed by atoms with Crippen molar-refractivity contribution in [2.45, 2.75) is 60.0 Å². The molecule has 1 N–H and O–H groups in total. The molecular formula is C23H31NO4S. The summed E-state index contributed by atoms with van der Waals surface area (Å²) in [5.74, 6) is 0.143. The molecule has 5 nitrogen and oxygen atoms in total. The predicted molar refractivity (Wildman–Crippen MR) is 118 cm³/mol. The zero-order valence-corrected chi connectivity index (χ0v) is 18.9. The van der Waals surface area contributed by atoms with Crippen LogP contribution in [0.4, 0.5) is 5.00 Å². The van der Waals surface area contributed by atoms with Crippen molar-refractivity contribution in [1.82, 2.24) is 0 Å². The average molecular weight is 418 g/mol. The summed E-state index contributed by atoms with van der Waals surface area (Å²) in [5.41, 5.74) is 0.558. The molecule has 158 valence electrons. The van der Waals surface area contributed by atoms with Crippen LogP contribution >= 0.6 is 11.3 Å². The van der Waals surface area contributed by atoms with Crippen molar-refractivity contribution in [2.24, 2.45) is 5.41 Å². The van der Waals surface area contributed by atoms with E-state index in [1.54, 1.807) is 26.0 Å². The van der Waals surface area contributed by atoms with E-state index in [9.17, 15) is 9.59 Å². The van der Waals surface area contributed by atoms with Crippen LogP contribution in [-0.2, 0) is 9.53 Å². The number of anilines is 1. The van der Waals surface area contributed by atoms with Crippen LogP contribution in [0.15, 0.2) is 36.4 Å². The second kappa shape index (κ2) is 9.92. The third kappa shape index (κ3) is 6.89. The van der Waals surface area contributed by atoms with Crippen LogP contribution in [0.25, 0.3) is 0 Å². The monoisotopic (exact) mass is 417 g/mol. The molecule has 0 fully saturated rings. The Kier molecular flexibility index (Phi) is 7.85. The molecule has 0 saturated heterocycles. The largest absolute Gasteiger partial charge is 0.481 e. The number of para-hydroxylation sites is 1. The minimum Gasteiger partial charge on any atom is -0.481 e. The summed E-state index contributed by atoms with van der Waals surface area (Å²) in [7, 11) is 0. The van der Waals surface area contributed by atoms with Gasteiger partial charge in [0.25, 0.3) is 5.91 Å². The van der Waals surface area contributed by atoms with Gasteiger partial charge in [-0.25, -0.2) is 4.79 Å². The van der Waals surface area contributed by atoms with Crippen LogP contribution in [0, 0.1) is 5.41 Å². The first kappa shape index (κ1) is 22.9. The Labute approximate surface area is 177 Å². The molecule has 2 rings (SSSR count). The van der Waals surface area contributed by atoms with Crippen LogP contribution < -0.4 is 10.1 Å². The molecule has 0 aliphatic heterocycles. The van der Waals surface area contributed by atoms with E-state index in [1.807, 2.05) is 24.3 Å². The molecule has 29 heavy (non-hydrogen) atoms. The van der Waals surface area contributed by atoms with Gasteiger partial charge in [0.1, 0.15) is 10.8 Å². The summed E-state index contributed by atoms with van der Waals surface area (Å²) in [5, 5.41) is 3.37. The summed E-state index contributed by atoms with van der Waals surface area (Å²) >= 11 is 1.43. The SMILES string of the molecule is CCOC(=O)c1cc(C(C)CC(C)(C)C)sc1NC(=O)C(C)Oc1ccccc1. The molecule has 0 aliphatic rings. The zero-order valence-electron chi connectivity index (χ0n) is 18.1. The highest BCUT2D eigenvalue weighted by Gasteiger charge is 2.25. The number of ether oxygens (including phenoxy) is 2. The van der Waals surface area contributed by atoms with Gasteiger partial charge in [0.05, 0.1) is 12.2 Å². The highest BCUT2D eigenvalue weighted by atomic mass is 32.1. The first-order chi connectivity index (χ1) is 13.6. The molecule has 0 spiro atoms. The van der Waals surface area contributed by atoms with E-state index >= 15 is 0 Å². The van der Waals surface area contributed by atoms with E-state index in [0.29, 0.717) is 16.3 Å². The normalized spacial score (nSPS) is 13.4. The molecule has 1 heterocycles. The smallest absolute Gasteiger partial charge is 0.341 e. The zero-order chi connectivity index (χ0) is 21.6. The lowest BCUT2D eigenvalue weighted by Gasteiger charge is -2.22. The second-order valence-corrected chi connectivity index (χ2v) is 9.42. The number of carbonyl (C=O) groups is 2. The maximum atomic E-state index is 12.7. The van der Waals surface area contributed by atoms with Crippen molar-refractivity contribution in [3.63, 3.8) is 0 Å². The molecular weight excluding hydrogens is 386 g/mol. The number of hydrogen-bond donors (Lipinski definition) is 1. The van der Waals surface area contributed by atoms with E-state index in [4.69, 9.17) is 9.47 Å². The van der Waals surface area contributed by atoms with Crippen LogP contribution in [0.2, 0.25) is 0 Å². The summed E-state index contributed by atoms with van der Waals surface area (Å²) in [6, 6.07) is 11.0. The summed E-state index contributed by atoms with van der Waals surface area (Å²) in [6.07, 6.45) is 0.265. The minimum absolute atomic E-state index is 0.162. The summed E-state index contributed by atoms with van der Waals surface area (Å²) in [4.78, 5) is 26.2. The van der Waals surface area contributed by atoms with Gasteiger partial charge in [-0.15, -0.1) is 11.3 Å². The van der Waals surface area contributed by atoms with Crippen LogP contribution in [0.1, 0.15) is 69.1 Å². The fourth-order valence-corrected chi connectivity index (χ4v) is 4.20. The molecule has 0 bridgehead atoms. The van der Waals surface area contributed by atoms with Gasteiger partial charge in [-0.3, -0.25) is 4.79 Å². The molecule has 1 amide bonds. The van der Waals surface area contributed by atoms with Gasteiger partial charge in [-0.05, 0) is 49.8 Å². The fraction of sp³-hybridized carbons (Fsp3) is 0.478. The highest BCUT2D eigenvalue weighted by molar-refractivity contribution is 7.16. The Morgan fingerprint density at radius 3 is 2.38 bits per heavy atom. The van der Waals surface area contributed by atoms with Crippen molar-refractivity contribution in [3.8, 4) is 5.75 Å². The highest BCUT2D eigenvalue weighted by Crippen LogP contribution is 2.38. The van der Waals surface area contributed by atoms with Gasteiger partial charge in [-0.1, -0.05) is 45.9 Å². The predicted octanol–water partition coefficient (Wildman–Crippen LogP) is 5.87. The Balaban J connectivity index is 2.20. The minimum atomic E-state index is -0.704. The van der Waals surface area contributed by atoms with Crippen LogP contribution in [0.5, 0.6) is 5.75 Å². The first-order valence-electron chi connectivity index (χ1n) is 9.94. The van der Waals surface area contributed by atoms with Gasteiger partial charge in [0, 0.05) is 4.88 Å². The van der Waals surface area contributed by atoms with E-state index in [0.717, 1.165) is 11.3 Å². The number of rotatable bonds is 8. The molecule has 6 heteroatoms. The third-order valence-corrected chi connectivity index (χ3v) is 5.59. The number of hydrogen-bond acceptors (Lipinski definition) is 5. The number of carbonyl (C=O) groups excluding carboxylic acids is 2. The molecule has 2 unspecified atom stereocenters. The Hall–Kier alpha value is -2.34. The maximum absolute atomic E-state index is 12.7. The van der Waals surface area contributed by atoms with E-state index in [-0.39, 0.29) is 23.8 Å². The molecule has 1 aromatic carbocycles. The van der Waals surface area contributed by atoms with Gasteiger partial charge in [-0.2, -0.15) is 0 Å². The van der Waals surface area contributed by atoms with Crippen molar-refractivity contribution in [2.75, 3.05) is 11.9 Å². The summed E-state index contributed by atoms with van der Waals surface area (Å²) < 4.78 is 10.9. The number of benzene rings is 1. The van der Waals surface area contributed by atoms with Crippen molar-refractivity contribution in [3.05, 3.63) is 46.8 Å². The average Bonchev–Trinajstić information content (AvgIpc) is 3.05. The molecule has 1 aromatic heterocycles. The number of esters is 1. The van der Waals surface area contributed by atoms with Gasteiger partial charge in [0.2, 0.25) is 0 Å². The Morgan fingerprint density at radius 1 is 1.14 bits per heavy atom. The van der Waals surface area contributed by atoms with Gasteiger partial charge >= 0.3 is 5.97 Å². The lowest BCUT2D eigenvalue weighted by molar-refractivity contribution is -0.122. The topological polar surface area (TPSA) is 64.6 Å². The Morgan fingerprint density at radius 2 is 1.79 bits per heavy atom. The van der Waals surface area contributed by atoms with Gasteiger partial charge < -0.3 is 14.8 Å².